The monoisotopic (exact) mass is 408 g/mol. The Morgan fingerprint density at radius 3 is 2.75 bits per heavy atom. The third-order valence-electron chi connectivity index (χ3n) is 5.05. The minimum atomic E-state index is -3.64. The van der Waals surface area contributed by atoms with E-state index in [0.29, 0.717) is 27.4 Å². The van der Waals surface area contributed by atoms with Crippen LogP contribution in [0.4, 0.5) is 0 Å². The predicted molar refractivity (Wildman–Crippen MR) is 99.7 cm³/mol. The van der Waals surface area contributed by atoms with Crippen LogP contribution in [0.1, 0.15) is 13.2 Å². The van der Waals surface area contributed by atoms with E-state index in [-0.39, 0.29) is 4.90 Å². The molecule has 1 aliphatic heterocycles. The molecule has 4 rings (SSSR count). The molecule has 3 aromatic heterocycles. The molecule has 10 nitrogen and oxygen atoms in total. The first-order valence-electron chi connectivity index (χ1n) is 8.46. The summed E-state index contributed by atoms with van der Waals surface area (Å²) in [6.45, 7) is 4.69. The summed E-state index contributed by atoms with van der Waals surface area (Å²) in [5, 5.41) is 31.6. The van der Waals surface area contributed by atoms with Gasteiger partial charge in [-0.2, -0.15) is 0 Å². The van der Waals surface area contributed by atoms with Gasteiger partial charge in [-0.05, 0) is 13.0 Å². The largest absolute Gasteiger partial charge is 0.394 e. The Morgan fingerprint density at radius 2 is 2.14 bits per heavy atom. The van der Waals surface area contributed by atoms with Crippen LogP contribution in [0, 0.1) is 0 Å². The van der Waals surface area contributed by atoms with Gasteiger partial charge in [0.25, 0.3) is 0 Å². The summed E-state index contributed by atoms with van der Waals surface area (Å²) in [7, 11) is -3.64. The van der Waals surface area contributed by atoms with E-state index in [2.05, 4.69) is 21.5 Å². The molecule has 1 fully saturated rings. The summed E-state index contributed by atoms with van der Waals surface area (Å²) in [4.78, 5) is 11.4. The molecular weight excluding hydrogens is 388 g/mol. The zero-order valence-corrected chi connectivity index (χ0v) is 16.0. The second-order valence-corrected chi connectivity index (χ2v) is 9.17. The lowest BCUT2D eigenvalue weighted by Crippen LogP contribution is -2.44. The highest BCUT2D eigenvalue weighted by Gasteiger charge is 2.53. The predicted octanol–water partition coefficient (Wildman–Crippen LogP) is -0.991. The molecule has 0 spiro atoms. The highest BCUT2D eigenvalue weighted by molar-refractivity contribution is 7.91. The van der Waals surface area contributed by atoms with Gasteiger partial charge < -0.3 is 29.6 Å². The summed E-state index contributed by atoms with van der Waals surface area (Å²) in [5.74, 6) is 0. The van der Waals surface area contributed by atoms with E-state index in [4.69, 9.17) is 4.74 Å². The second-order valence-electron chi connectivity index (χ2n) is 7.18. The Kier molecular flexibility index (Phi) is 4.14. The maximum Gasteiger partial charge on any atom is 0.176 e. The Balaban J connectivity index is 2.10. The van der Waals surface area contributed by atoms with Crippen molar-refractivity contribution >= 4 is 38.5 Å². The number of rotatable bonds is 3. The number of nitrogens with one attached hydrogen (secondary N) is 1. The van der Waals surface area contributed by atoms with Gasteiger partial charge in [0.05, 0.1) is 16.9 Å². The van der Waals surface area contributed by atoms with E-state index in [0.717, 1.165) is 6.26 Å². The molecule has 28 heavy (non-hydrogen) atoms. The fourth-order valence-electron chi connectivity index (χ4n) is 3.67. The average Bonchev–Trinajstić information content (AvgIpc) is 3.02. The molecule has 0 aliphatic carbocycles. The third kappa shape index (κ3) is 2.66. The van der Waals surface area contributed by atoms with Crippen molar-refractivity contribution in [3.8, 4) is 0 Å². The number of aliphatic hydroxyl groups is 3. The Bertz CT molecular complexity index is 1250. The van der Waals surface area contributed by atoms with Crippen molar-refractivity contribution in [2.24, 2.45) is 0 Å². The highest BCUT2D eigenvalue weighted by atomic mass is 32.2. The van der Waals surface area contributed by atoms with Gasteiger partial charge in [-0.1, -0.05) is 6.58 Å². The van der Waals surface area contributed by atoms with Crippen LogP contribution in [0.5, 0.6) is 0 Å². The van der Waals surface area contributed by atoms with E-state index in [1.165, 1.54) is 30.1 Å². The fraction of sp³-hybridized carbons (Fsp3) is 0.412. The highest BCUT2D eigenvalue weighted by Crippen LogP contribution is 2.41. The molecule has 0 unspecified atom stereocenters. The lowest BCUT2D eigenvalue weighted by Gasteiger charge is -2.27. The number of H-pyrrole nitrogens is 1. The number of nitrogens with zero attached hydrogens (tertiary/aromatic N) is 3. The van der Waals surface area contributed by atoms with Gasteiger partial charge in [0, 0.05) is 23.2 Å². The fourth-order valence-corrected chi connectivity index (χ4v) is 4.58. The molecule has 4 atom stereocenters. The van der Waals surface area contributed by atoms with Gasteiger partial charge in [0.15, 0.2) is 16.1 Å². The van der Waals surface area contributed by atoms with Crippen LogP contribution in [0.25, 0.3) is 28.6 Å². The molecule has 0 aromatic carbocycles. The van der Waals surface area contributed by atoms with Gasteiger partial charge >= 0.3 is 0 Å². The van der Waals surface area contributed by atoms with Gasteiger partial charge in [0.1, 0.15) is 35.4 Å². The first-order valence-corrected chi connectivity index (χ1v) is 10.3. The number of aliphatic hydroxyl groups excluding tert-OH is 2. The van der Waals surface area contributed by atoms with E-state index < -0.39 is 40.5 Å². The minimum Gasteiger partial charge on any atom is -0.394 e. The SMILES string of the molecule is C=c1cc(S(C)(=O)=O)c2cn([C@@H]3O[C@H](CO)[C@@H](O)[C@@]3(C)O)c3ncnc([nH]1)c23. The van der Waals surface area contributed by atoms with Crippen molar-refractivity contribution in [1.82, 2.24) is 19.5 Å². The summed E-state index contributed by atoms with van der Waals surface area (Å²) < 4.78 is 31.9. The molecule has 0 saturated carbocycles. The van der Waals surface area contributed by atoms with E-state index in [9.17, 15) is 23.7 Å². The number of sulfone groups is 1. The molecular formula is C17H20N4O6S. The molecule has 150 valence electrons. The number of aromatic amines is 1. The number of hydrogen-bond acceptors (Lipinski definition) is 8. The molecule has 4 heterocycles. The smallest absolute Gasteiger partial charge is 0.176 e. The Hall–Kier alpha value is -2.31. The van der Waals surface area contributed by atoms with Gasteiger partial charge in [0.2, 0.25) is 0 Å². The zero-order valence-electron chi connectivity index (χ0n) is 15.2. The molecule has 0 bridgehead atoms. The van der Waals surface area contributed by atoms with Gasteiger partial charge in [-0.3, -0.25) is 0 Å². The first-order chi connectivity index (χ1) is 13.1. The normalized spacial score (nSPS) is 28.4. The number of aromatic nitrogens is 4. The molecule has 0 amide bonds. The first kappa shape index (κ1) is 19.0. The van der Waals surface area contributed by atoms with Crippen LogP contribution in [-0.4, -0.2) is 73.9 Å². The van der Waals surface area contributed by atoms with Crippen molar-refractivity contribution in [3.05, 3.63) is 23.9 Å². The van der Waals surface area contributed by atoms with Crippen molar-refractivity contribution in [2.45, 2.75) is 35.9 Å². The van der Waals surface area contributed by atoms with Crippen molar-refractivity contribution in [1.29, 1.82) is 0 Å². The molecule has 1 aliphatic rings. The van der Waals surface area contributed by atoms with Gasteiger partial charge in [-0.15, -0.1) is 0 Å². The third-order valence-corrected chi connectivity index (χ3v) is 6.18. The van der Waals surface area contributed by atoms with Crippen LogP contribution in [-0.2, 0) is 14.6 Å². The number of hydrogen-bond donors (Lipinski definition) is 4. The molecule has 0 radical (unpaired) electrons. The van der Waals surface area contributed by atoms with Crippen LogP contribution < -0.4 is 5.35 Å². The topological polar surface area (TPSA) is 151 Å². The number of ether oxygens (including phenoxy) is 1. The summed E-state index contributed by atoms with van der Waals surface area (Å²) in [6.07, 6.45) is 0.396. The van der Waals surface area contributed by atoms with Crippen molar-refractivity contribution in [2.75, 3.05) is 12.9 Å². The summed E-state index contributed by atoms with van der Waals surface area (Å²) in [5.41, 5.74) is -1.10. The Morgan fingerprint density at radius 1 is 1.43 bits per heavy atom. The van der Waals surface area contributed by atoms with Crippen molar-refractivity contribution < 1.29 is 28.5 Å². The average molecular weight is 408 g/mol. The lowest BCUT2D eigenvalue weighted by atomic mass is 9.96. The second kappa shape index (κ2) is 6.09. The zero-order chi connectivity index (χ0) is 20.4. The van der Waals surface area contributed by atoms with Crippen LogP contribution in [0.3, 0.4) is 0 Å². The van der Waals surface area contributed by atoms with E-state index in [1.54, 1.807) is 0 Å². The van der Waals surface area contributed by atoms with E-state index >= 15 is 0 Å². The molecule has 11 heteroatoms. The van der Waals surface area contributed by atoms with Crippen LogP contribution in [0.15, 0.2) is 23.5 Å². The molecule has 1 saturated heterocycles. The maximum atomic E-state index is 12.4. The molecule has 3 aromatic rings. The Labute approximate surface area is 159 Å². The standard InChI is InChI=1S/C17H20N4O6S/c1-8-4-11(28(3,25)26)9-5-21(15-12(9)14(20-8)18-7-19-15)16-17(2,24)13(23)10(6-22)27-16/h4-5,7,10,13,16,22-24H,1,6H2,2-3H3,(H,18,19,20)/t10-,13-,16-,17-/m1/s1. The van der Waals surface area contributed by atoms with Crippen LogP contribution in [0.2, 0.25) is 0 Å². The summed E-state index contributed by atoms with van der Waals surface area (Å²) >= 11 is 0. The van der Waals surface area contributed by atoms with Gasteiger partial charge in [-0.25, -0.2) is 18.4 Å². The lowest BCUT2D eigenvalue weighted by molar-refractivity contribution is -0.0947. The van der Waals surface area contributed by atoms with Crippen molar-refractivity contribution in [3.63, 3.8) is 0 Å². The van der Waals surface area contributed by atoms with Crippen LogP contribution >= 0.6 is 0 Å². The van der Waals surface area contributed by atoms with E-state index in [1.807, 2.05) is 0 Å². The summed E-state index contributed by atoms with van der Waals surface area (Å²) in [6, 6.07) is 1.40. The minimum absolute atomic E-state index is 0.0131. The maximum absolute atomic E-state index is 12.4. The molecule has 4 N–H and O–H groups in total. The quantitative estimate of drug-likeness (QED) is 0.431.